The van der Waals surface area contributed by atoms with E-state index in [1.165, 1.54) is 30.3 Å². The molecule has 0 saturated heterocycles. The maximum atomic E-state index is 14.1. The fourth-order valence-electron chi connectivity index (χ4n) is 2.28. The van der Waals surface area contributed by atoms with Gasteiger partial charge in [-0.3, -0.25) is 0 Å². The fourth-order valence-corrected chi connectivity index (χ4v) is 2.28. The van der Waals surface area contributed by atoms with Gasteiger partial charge in [0.1, 0.15) is 11.6 Å². The van der Waals surface area contributed by atoms with Gasteiger partial charge in [0.15, 0.2) is 0 Å². The SMILES string of the molecule is Fc1cc(-c2ccc(OC(F)(F)F)cc2)cc2ccccc12. The zero-order valence-electron chi connectivity index (χ0n) is 11.2. The third-order valence-electron chi connectivity index (χ3n) is 3.23. The maximum absolute atomic E-state index is 14.1. The summed E-state index contributed by atoms with van der Waals surface area (Å²) >= 11 is 0. The van der Waals surface area contributed by atoms with Crippen LogP contribution in [0.15, 0.2) is 60.7 Å². The van der Waals surface area contributed by atoms with Crippen LogP contribution in [0.5, 0.6) is 5.75 Å². The molecule has 0 spiro atoms. The topological polar surface area (TPSA) is 9.23 Å². The Hall–Kier alpha value is -2.56. The third kappa shape index (κ3) is 3.03. The Morgan fingerprint density at radius 2 is 1.45 bits per heavy atom. The second-order valence-electron chi connectivity index (χ2n) is 4.75. The highest BCUT2D eigenvalue weighted by atomic mass is 19.4. The Morgan fingerprint density at radius 3 is 2.14 bits per heavy atom. The first-order valence-electron chi connectivity index (χ1n) is 6.47. The van der Waals surface area contributed by atoms with E-state index < -0.39 is 6.36 Å². The molecule has 0 aromatic heterocycles. The van der Waals surface area contributed by atoms with Crippen molar-refractivity contribution in [3.63, 3.8) is 0 Å². The number of alkyl halides is 3. The van der Waals surface area contributed by atoms with Crippen molar-refractivity contribution in [1.29, 1.82) is 0 Å². The predicted octanol–water partition coefficient (Wildman–Crippen LogP) is 5.54. The normalized spacial score (nSPS) is 11.6. The summed E-state index contributed by atoms with van der Waals surface area (Å²) in [6.07, 6.45) is -4.73. The molecule has 0 aliphatic heterocycles. The third-order valence-corrected chi connectivity index (χ3v) is 3.23. The molecule has 3 aromatic rings. The second-order valence-corrected chi connectivity index (χ2v) is 4.75. The summed E-state index contributed by atoms with van der Waals surface area (Å²) in [7, 11) is 0. The molecule has 0 fully saturated rings. The highest BCUT2D eigenvalue weighted by molar-refractivity contribution is 5.87. The van der Waals surface area contributed by atoms with Gasteiger partial charge in [-0.05, 0) is 40.8 Å². The van der Waals surface area contributed by atoms with E-state index in [-0.39, 0.29) is 11.6 Å². The van der Waals surface area contributed by atoms with E-state index in [1.807, 2.05) is 0 Å². The second kappa shape index (κ2) is 5.33. The summed E-state index contributed by atoms with van der Waals surface area (Å²) < 4.78 is 54.2. The van der Waals surface area contributed by atoms with Crippen LogP contribution in [0.2, 0.25) is 0 Å². The first-order valence-corrected chi connectivity index (χ1v) is 6.47. The van der Waals surface area contributed by atoms with E-state index in [2.05, 4.69) is 4.74 Å². The Bertz CT molecular complexity index is 807. The number of benzene rings is 3. The van der Waals surface area contributed by atoms with Crippen molar-refractivity contribution in [3.8, 4) is 16.9 Å². The minimum absolute atomic E-state index is 0.308. The van der Waals surface area contributed by atoms with Crippen molar-refractivity contribution < 1.29 is 22.3 Å². The van der Waals surface area contributed by atoms with Crippen LogP contribution in [0.25, 0.3) is 21.9 Å². The molecule has 3 rings (SSSR count). The quantitative estimate of drug-likeness (QED) is 0.564. The van der Waals surface area contributed by atoms with Crippen molar-refractivity contribution in [2.45, 2.75) is 6.36 Å². The minimum Gasteiger partial charge on any atom is -0.406 e. The van der Waals surface area contributed by atoms with Gasteiger partial charge in [-0.15, -0.1) is 13.2 Å². The molecule has 0 amide bonds. The van der Waals surface area contributed by atoms with E-state index in [0.29, 0.717) is 16.5 Å². The number of ether oxygens (including phenoxy) is 1. The van der Waals surface area contributed by atoms with E-state index in [9.17, 15) is 17.6 Å². The number of hydrogen-bond donors (Lipinski definition) is 0. The molecular weight excluding hydrogens is 296 g/mol. The zero-order valence-corrected chi connectivity index (χ0v) is 11.2. The van der Waals surface area contributed by atoms with Crippen LogP contribution in [0.4, 0.5) is 17.6 Å². The van der Waals surface area contributed by atoms with Gasteiger partial charge in [-0.25, -0.2) is 4.39 Å². The van der Waals surface area contributed by atoms with E-state index in [4.69, 9.17) is 0 Å². The molecule has 0 atom stereocenters. The Kier molecular flexibility index (Phi) is 3.48. The number of rotatable bonds is 2. The molecule has 112 valence electrons. The van der Waals surface area contributed by atoms with Crippen LogP contribution >= 0.6 is 0 Å². The van der Waals surface area contributed by atoms with Gasteiger partial charge in [-0.1, -0.05) is 36.4 Å². The molecule has 0 heterocycles. The molecule has 0 radical (unpaired) electrons. The lowest BCUT2D eigenvalue weighted by Gasteiger charge is -2.10. The Morgan fingerprint density at radius 1 is 0.773 bits per heavy atom. The zero-order chi connectivity index (χ0) is 15.7. The van der Waals surface area contributed by atoms with Crippen molar-refractivity contribution in [3.05, 3.63) is 66.5 Å². The van der Waals surface area contributed by atoms with Crippen molar-refractivity contribution in [1.82, 2.24) is 0 Å². The van der Waals surface area contributed by atoms with Crippen LogP contribution in [0.1, 0.15) is 0 Å². The van der Waals surface area contributed by atoms with Crippen LogP contribution in [0.3, 0.4) is 0 Å². The van der Waals surface area contributed by atoms with Crippen LogP contribution in [-0.4, -0.2) is 6.36 Å². The molecule has 0 unspecified atom stereocenters. The largest absolute Gasteiger partial charge is 0.573 e. The number of halogens is 4. The summed E-state index contributed by atoms with van der Waals surface area (Å²) in [5.74, 6) is -0.679. The molecule has 0 N–H and O–H groups in total. The van der Waals surface area contributed by atoms with Gasteiger partial charge in [0.25, 0.3) is 0 Å². The average molecular weight is 306 g/mol. The molecule has 5 heteroatoms. The van der Waals surface area contributed by atoms with Gasteiger partial charge in [-0.2, -0.15) is 0 Å². The molecule has 1 nitrogen and oxygen atoms in total. The summed E-state index contributed by atoms with van der Waals surface area (Å²) in [5.41, 5.74) is 1.20. The Balaban J connectivity index is 1.97. The number of fused-ring (bicyclic) bond motifs is 1. The van der Waals surface area contributed by atoms with Crippen LogP contribution < -0.4 is 4.74 Å². The molecule has 3 aromatic carbocycles. The minimum atomic E-state index is -4.73. The molecule has 22 heavy (non-hydrogen) atoms. The van der Waals surface area contributed by atoms with Gasteiger partial charge in [0, 0.05) is 5.39 Å². The summed E-state index contributed by atoms with van der Waals surface area (Å²) in [6, 6.07) is 15.5. The summed E-state index contributed by atoms with van der Waals surface area (Å²) in [4.78, 5) is 0. The van der Waals surface area contributed by atoms with Gasteiger partial charge in [0.05, 0.1) is 0 Å². The Labute approximate surface area is 123 Å². The van der Waals surface area contributed by atoms with Crippen molar-refractivity contribution in [2.75, 3.05) is 0 Å². The lowest BCUT2D eigenvalue weighted by atomic mass is 10.0. The lowest BCUT2D eigenvalue weighted by molar-refractivity contribution is -0.274. The molecule has 0 aliphatic rings. The standard InChI is InChI=1S/C17H10F4O/c18-16-10-13(9-12-3-1-2-4-15(12)16)11-5-7-14(8-6-11)22-17(19,20)21/h1-10H. The lowest BCUT2D eigenvalue weighted by Crippen LogP contribution is -2.16. The first kappa shape index (κ1) is 14.4. The van der Waals surface area contributed by atoms with Gasteiger partial charge in [0.2, 0.25) is 0 Å². The van der Waals surface area contributed by atoms with Crippen molar-refractivity contribution in [2.24, 2.45) is 0 Å². The average Bonchev–Trinajstić information content (AvgIpc) is 2.46. The van der Waals surface area contributed by atoms with E-state index >= 15 is 0 Å². The molecule has 0 aliphatic carbocycles. The number of hydrogen-bond acceptors (Lipinski definition) is 1. The van der Waals surface area contributed by atoms with Crippen LogP contribution in [-0.2, 0) is 0 Å². The monoisotopic (exact) mass is 306 g/mol. The molecule has 0 saturated carbocycles. The summed E-state index contributed by atoms with van der Waals surface area (Å²) in [5, 5.41) is 1.23. The van der Waals surface area contributed by atoms with E-state index in [1.54, 1.807) is 30.3 Å². The molecular formula is C17H10F4O. The first-order chi connectivity index (χ1) is 10.4. The highest BCUT2D eigenvalue weighted by Gasteiger charge is 2.30. The van der Waals surface area contributed by atoms with Crippen molar-refractivity contribution >= 4 is 10.8 Å². The van der Waals surface area contributed by atoms with Gasteiger partial charge >= 0.3 is 6.36 Å². The van der Waals surface area contributed by atoms with Crippen LogP contribution in [0, 0.1) is 5.82 Å². The smallest absolute Gasteiger partial charge is 0.406 e. The summed E-state index contributed by atoms with van der Waals surface area (Å²) in [6.45, 7) is 0. The van der Waals surface area contributed by atoms with Gasteiger partial charge < -0.3 is 4.74 Å². The molecule has 0 bridgehead atoms. The maximum Gasteiger partial charge on any atom is 0.573 e. The fraction of sp³-hybridized carbons (Fsp3) is 0.0588. The van der Waals surface area contributed by atoms with E-state index in [0.717, 1.165) is 5.39 Å². The highest BCUT2D eigenvalue weighted by Crippen LogP contribution is 2.29. The predicted molar refractivity (Wildman–Crippen MR) is 76.0 cm³/mol.